The second kappa shape index (κ2) is 15.2. The van der Waals surface area contributed by atoms with Crippen LogP contribution in [-0.4, -0.2) is 49.5 Å². The SMILES string of the molecule is CC(NCCCc1ccc(-c2ccc(C(=O)NS(=O)(=O)CCCO)c(OC3CCCCC3)c2)cc1)c1ccccc1O. The number of hydrogen-bond donors (Lipinski definition) is 4. The van der Waals surface area contributed by atoms with E-state index in [0.717, 1.165) is 68.2 Å². The first-order valence-corrected chi connectivity index (χ1v) is 16.5. The molecule has 4 N–H and O–H groups in total. The molecule has 1 saturated carbocycles. The van der Waals surface area contributed by atoms with Crippen LogP contribution in [0.2, 0.25) is 0 Å². The fourth-order valence-corrected chi connectivity index (χ4v) is 6.29. The van der Waals surface area contributed by atoms with Gasteiger partial charge in [-0.2, -0.15) is 0 Å². The standard InChI is InChI=1S/C33H42N2O6S/c1-24(29-12-5-6-13-31(29)37)34-20-7-9-25-14-16-26(17-15-25)27-18-19-30(33(38)35-42(39,40)22-8-21-36)32(23-27)41-28-10-3-2-4-11-28/h5-6,12-19,23-24,28,34,36-37H,2-4,7-11,20-22H2,1H3,(H,35,38). The van der Waals surface area contributed by atoms with Gasteiger partial charge in [0.25, 0.3) is 5.91 Å². The van der Waals surface area contributed by atoms with Crippen LogP contribution in [0.25, 0.3) is 11.1 Å². The fourth-order valence-electron chi connectivity index (χ4n) is 5.29. The number of phenolic OH excluding ortho intramolecular Hbond substituents is 1. The van der Waals surface area contributed by atoms with E-state index in [1.165, 1.54) is 5.56 Å². The smallest absolute Gasteiger partial charge is 0.268 e. The molecule has 0 radical (unpaired) electrons. The van der Waals surface area contributed by atoms with E-state index in [4.69, 9.17) is 9.84 Å². The number of phenols is 1. The molecule has 0 saturated heterocycles. The summed E-state index contributed by atoms with van der Waals surface area (Å²) in [6, 6.07) is 21.0. The van der Waals surface area contributed by atoms with E-state index >= 15 is 0 Å². The number of ether oxygens (including phenoxy) is 1. The summed E-state index contributed by atoms with van der Waals surface area (Å²) in [7, 11) is -3.87. The first-order valence-electron chi connectivity index (χ1n) is 14.8. The van der Waals surface area contributed by atoms with Gasteiger partial charge in [0.1, 0.15) is 11.5 Å². The number of rotatable bonds is 14. The van der Waals surface area contributed by atoms with Crippen LogP contribution in [0.5, 0.6) is 11.5 Å². The Morgan fingerprint density at radius 1 is 0.976 bits per heavy atom. The Morgan fingerprint density at radius 3 is 2.40 bits per heavy atom. The third-order valence-electron chi connectivity index (χ3n) is 7.67. The lowest BCUT2D eigenvalue weighted by Crippen LogP contribution is -2.33. The molecule has 4 rings (SSSR count). The van der Waals surface area contributed by atoms with Crippen molar-refractivity contribution in [2.45, 2.75) is 70.4 Å². The average molecular weight is 595 g/mol. The van der Waals surface area contributed by atoms with Crippen molar-refractivity contribution in [3.05, 3.63) is 83.4 Å². The third-order valence-corrected chi connectivity index (χ3v) is 9.00. The Labute approximate surface area is 249 Å². The van der Waals surface area contributed by atoms with E-state index in [9.17, 15) is 18.3 Å². The second-order valence-electron chi connectivity index (χ2n) is 11.0. The highest BCUT2D eigenvalue weighted by atomic mass is 32.2. The summed E-state index contributed by atoms with van der Waals surface area (Å²) in [4.78, 5) is 13.0. The van der Waals surface area contributed by atoms with E-state index < -0.39 is 15.9 Å². The van der Waals surface area contributed by atoms with Crippen LogP contribution in [0.4, 0.5) is 0 Å². The van der Waals surface area contributed by atoms with Crippen molar-refractivity contribution in [1.82, 2.24) is 10.0 Å². The number of aromatic hydroxyl groups is 1. The maximum Gasteiger partial charge on any atom is 0.268 e. The van der Waals surface area contributed by atoms with Crippen LogP contribution in [0.1, 0.15) is 79.4 Å². The highest BCUT2D eigenvalue weighted by Gasteiger charge is 2.23. The Balaban J connectivity index is 1.42. The normalized spacial score (nSPS) is 14.8. The number of amides is 1. The quantitative estimate of drug-likeness (QED) is 0.182. The van der Waals surface area contributed by atoms with E-state index in [-0.39, 0.29) is 36.5 Å². The van der Waals surface area contributed by atoms with Crippen molar-refractivity contribution < 1.29 is 28.2 Å². The zero-order valence-electron chi connectivity index (χ0n) is 24.2. The number of carbonyl (C=O) groups excluding carboxylic acids is 1. The summed E-state index contributed by atoms with van der Waals surface area (Å²) in [5.74, 6) is -0.379. The minimum Gasteiger partial charge on any atom is -0.508 e. The van der Waals surface area contributed by atoms with Gasteiger partial charge < -0.3 is 20.3 Å². The molecule has 42 heavy (non-hydrogen) atoms. The van der Waals surface area contributed by atoms with Gasteiger partial charge >= 0.3 is 0 Å². The maximum atomic E-state index is 13.0. The Kier molecular flexibility index (Phi) is 11.4. The van der Waals surface area contributed by atoms with Gasteiger partial charge in [-0.1, -0.05) is 55.0 Å². The summed E-state index contributed by atoms with van der Waals surface area (Å²) in [5.41, 5.74) is 4.13. The summed E-state index contributed by atoms with van der Waals surface area (Å²) < 4.78 is 33.0. The van der Waals surface area contributed by atoms with Crippen LogP contribution in [0.15, 0.2) is 66.7 Å². The molecule has 9 heteroatoms. The molecule has 0 aliphatic heterocycles. The van der Waals surface area contributed by atoms with Crippen molar-refractivity contribution in [2.75, 3.05) is 18.9 Å². The molecule has 0 aromatic heterocycles. The second-order valence-corrected chi connectivity index (χ2v) is 12.8. The summed E-state index contributed by atoms with van der Waals surface area (Å²) in [5, 5.41) is 22.5. The minimum atomic E-state index is -3.87. The van der Waals surface area contributed by atoms with Gasteiger partial charge in [-0.15, -0.1) is 0 Å². The predicted molar refractivity (Wildman–Crippen MR) is 165 cm³/mol. The lowest BCUT2D eigenvalue weighted by atomic mass is 9.97. The monoisotopic (exact) mass is 594 g/mol. The van der Waals surface area contributed by atoms with Gasteiger partial charge in [0.2, 0.25) is 10.0 Å². The zero-order chi connectivity index (χ0) is 30.0. The molecule has 1 amide bonds. The molecule has 8 nitrogen and oxygen atoms in total. The van der Waals surface area contributed by atoms with Gasteiger partial charge in [0, 0.05) is 18.2 Å². The summed E-state index contributed by atoms with van der Waals surface area (Å²) in [6.07, 6.45) is 6.96. The van der Waals surface area contributed by atoms with Gasteiger partial charge in [-0.25, -0.2) is 13.1 Å². The highest BCUT2D eigenvalue weighted by molar-refractivity contribution is 7.90. The molecule has 0 bridgehead atoms. The van der Waals surface area contributed by atoms with Crippen LogP contribution in [0.3, 0.4) is 0 Å². The maximum absolute atomic E-state index is 13.0. The number of nitrogens with one attached hydrogen (secondary N) is 2. The minimum absolute atomic E-state index is 0.0175. The molecule has 1 unspecified atom stereocenters. The summed E-state index contributed by atoms with van der Waals surface area (Å²) in [6.45, 7) is 2.59. The number of aliphatic hydroxyl groups excluding tert-OH is 1. The molecule has 1 fully saturated rings. The molecule has 1 atom stereocenters. The topological polar surface area (TPSA) is 125 Å². The number of aliphatic hydroxyl groups is 1. The zero-order valence-corrected chi connectivity index (χ0v) is 25.0. The highest BCUT2D eigenvalue weighted by Crippen LogP contribution is 2.31. The van der Waals surface area contributed by atoms with Crippen molar-refractivity contribution in [3.8, 4) is 22.6 Å². The molecule has 0 spiro atoms. The predicted octanol–water partition coefficient (Wildman–Crippen LogP) is 5.50. The van der Waals surface area contributed by atoms with Gasteiger partial charge in [0.05, 0.1) is 17.4 Å². The van der Waals surface area contributed by atoms with Gasteiger partial charge in [-0.05, 0) is 93.3 Å². The molecule has 226 valence electrons. The molecular formula is C33H42N2O6S. The Bertz CT molecular complexity index is 1420. The van der Waals surface area contributed by atoms with E-state index in [1.807, 2.05) is 49.4 Å². The number of sulfonamides is 1. The van der Waals surface area contributed by atoms with Crippen LogP contribution in [0, 0.1) is 0 Å². The number of aryl methyl sites for hydroxylation is 1. The molecule has 3 aromatic carbocycles. The van der Waals surface area contributed by atoms with E-state index in [1.54, 1.807) is 12.1 Å². The molecule has 3 aromatic rings. The lowest BCUT2D eigenvalue weighted by molar-refractivity contribution is 0.0969. The lowest BCUT2D eigenvalue weighted by Gasteiger charge is -2.24. The van der Waals surface area contributed by atoms with Crippen molar-refractivity contribution in [3.63, 3.8) is 0 Å². The Hall–Kier alpha value is -3.40. The van der Waals surface area contributed by atoms with E-state index in [0.29, 0.717) is 11.5 Å². The third kappa shape index (κ3) is 9.05. The van der Waals surface area contributed by atoms with E-state index in [2.05, 4.69) is 22.2 Å². The van der Waals surface area contributed by atoms with Crippen molar-refractivity contribution >= 4 is 15.9 Å². The van der Waals surface area contributed by atoms with Crippen molar-refractivity contribution in [1.29, 1.82) is 0 Å². The van der Waals surface area contributed by atoms with Crippen LogP contribution >= 0.6 is 0 Å². The molecule has 1 aliphatic rings. The van der Waals surface area contributed by atoms with Crippen LogP contribution < -0.4 is 14.8 Å². The van der Waals surface area contributed by atoms with Gasteiger partial charge in [0.15, 0.2) is 0 Å². The van der Waals surface area contributed by atoms with Crippen molar-refractivity contribution in [2.24, 2.45) is 0 Å². The summed E-state index contributed by atoms with van der Waals surface area (Å²) >= 11 is 0. The molecule has 1 aliphatic carbocycles. The largest absolute Gasteiger partial charge is 0.508 e. The number of carbonyl (C=O) groups is 1. The first kappa shape index (κ1) is 31.5. The number of para-hydroxylation sites is 1. The van der Waals surface area contributed by atoms with Gasteiger partial charge in [-0.3, -0.25) is 4.79 Å². The molecular weight excluding hydrogens is 552 g/mol. The number of hydrogen-bond acceptors (Lipinski definition) is 7. The fraction of sp³-hybridized carbons (Fsp3) is 0.424. The Morgan fingerprint density at radius 2 is 1.69 bits per heavy atom. The number of benzene rings is 3. The van der Waals surface area contributed by atoms with Crippen LogP contribution in [-0.2, 0) is 16.4 Å². The average Bonchev–Trinajstić information content (AvgIpc) is 2.99. The molecule has 0 heterocycles. The first-order chi connectivity index (χ1) is 20.3.